The van der Waals surface area contributed by atoms with E-state index in [1.165, 1.54) is 83.9 Å². The molecule has 0 atom stereocenters. The van der Waals surface area contributed by atoms with E-state index in [1.54, 1.807) is 0 Å². The first kappa shape index (κ1) is 76.5. The minimum absolute atomic E-state index is 0. The second-order valence-corrected chi connectivity index (χ2v) is 25.6. The Morgan fingerprint density at radius 1 is 0.362 bits per heavy atom. The number of H-pyrrole nitrogens is 2. The van der Waals surface area contributed by atoms with Gasteiger partial charge in [-0.2, -0.15) is 0 Å². The molecule has 5 aromatic carbocycles. The maximum Gasteiger partial charge on any atom is 0.109 e. The summed E-state index contributed by atoms with van der Waals surface area (Å²) in [5, 5.41) is 1.32. The average Bonchev–Trinajstić information content (AvgIpc) is 4.15. The van der Waals surface area contributed by atoms with Gasteiger partial charge in [-0.15, -0.1) is 0 Å². The van der Waals surface area contributed by atoms with Gasteiger partial charge in [0.25, 0.3) is 0 Å². The lowest BCUT2D eigenvalue weighted by Crippen LogP contribution is -2.10. The van der Waals surface area contributed by atoms with Crippen LogP contribution in [0.4, 0.5) is 11.4 Å². The summed E-state index contributed by atoms with van der Waals surface area (Å²) >= 11 is 0. The minimum Gasteiger partial charge on any atom is -0.358 e. The number of aliphatic imine (C=N–C) groups is 2. The van der Waals surface area contributed by atoms with Crippen molar-refractivity contribution in [2.24, 2.45) is 21.8 Å². The Bertz CT molecular complexity index is 2750. The molecular weight excluding hydrogens is 971 g/mol. The average molecular weight is 1090 g/mol. The van der Waals surface area contributed by atoms with E-state index in [4.69, 9.17) is 9.98 Å². The summed E-state index contributed by atoms with van der Waals surface area (Å²) in [6.07, 6.45) is 2.08. The number of aromatic nitrogens is 3. The molecule has 2 aromatic heterocycles. The van der Waals surface area contributed by atoms with Crippen LogP contribution in [-0.2, 0) is 23.7 Å². The fourth-order valence-electron chi connectivity index (χ4n) is 8.80. The highest BCUT2D eigenvalue weighted by Gasteiger charge is 2.22. The van der Waals surface area contributed by atoms with E-state index in [0.29, 0.717) is 47.3 Å². The normalized spacial score (nSPS) is 12.2. The molecule has 0 saturated carbocycles. The van der Waals surface area contributed by atoms with E-state index >= 15 is 0 Å². The molecule has 0 bridgehead atoms. The molecular formula is C75H121N5. The standard InChI is InChI=1S/2C15H21N.C14H19N.C13H18N2.C12H18.6CH4/c2*1-10(2)13-8-11-6-7-12(15(3,4)5)9-14(11)16-13;1-9(2)11-5-6-12-8-13(10(3)4)15-14(12)7-11;1-8(2)10-5-6-11-12(7-10)15-13(14-11)9(3)4;1-9(2)11-5-7-12(8-6-11)10(3)4;;;;;;/h2*6-7,9-10H,8H2,1-5H3;5-10,15H,1-4H3;5-9H,1-4H3,(H,14,15);5-10H,1-4H3;6*1H4. The number of aromatic amines is 2. The number of nitrogens with zero attached hydrogens (tertiary/aromatic N) is 3. The van der Waals surface area contributed by atoms with Gasteiger partial charge in [0.05, 0.1) is 22.4 Å². The van der Waals surface area contributed by atoms with Crippen molar-refractivity contribution in [3.8, 4) is 0 Å². The summed E-state index contributed by atoms with van der Waals surface area (Å²) in [6, 6.07) is 37.9. The Morgan fingerprint density at radius 3 is 1.09 bits per heavy atom. The molecule has 5 heteroatoms. The number of benzene rings is 5. The fourth-order valence-corrected chi connectivity index (χ4v) is 8.80. The zero-order chi connectivity index (χ0) is 55.0. The van der Waals surface area contributed by atoms with Crippen molar-refractivity contribution in [1.82, 2.24) is 15.0 Å². The van der Waals surface area contributed by atoms with Gasteiger partial charge in [0.15, 0.2) is 0 Å². The van der Waals surface area contributed by atoms with Crippen LogP contribution in [0.1, 0.15) is 288 Å². The molecule has 2 aliphatic heterocycles. The summed E-state index contributed by atoms with van der Waals surface area (Å²) in [6.45, 7) is 48.9. The molecule has 2 N–H and O–H groups in total. The molecule has 0 saturated heterocycles. The third-order valence-corrected chi connectivity index (χ3v) is 14.5. The van der Waals surface area contributed by atoms with Crippen LogP contribution in [0.5, 0.6) is 0 Å². The lowest BCUT2D eigenvalue weighted by atomic mass is 9.86. The van der Waals surface area contributed by atoms with Crippen molar-refractivity contribution in [3.05, 3.63) is 159 Å². The Morgan fingerprint density at radius 2 is 0.738 bits per heavy atom. The van der Waals surface area contributed by atoms with Crippen molar-refractivity contribution in [2.45, 2.75) is 256 Å². The highest BCUT2D eigenvalue weighted by atomic mass is 14.9. The van der Waals surface area contributed by atoms with Crippen LogP contribution < -0.4 is 0 Å². The number of fused-ring (bicyclic) bond motifs is 4. The molecule has 0 unspecified atom stereocenters. The van der Waals surface area contributed by atoms with Crippen molar-refractivity contribution in [3.63, 3.8) is 0 Å². The first-order chi connectivity index (χ1) is 34.5. The van der Waals surface area contributed by atoms with Crippen LogP contribution in [0.3, 0.4) is 0 Å². The lowest BCUT2D eigenvalue weighted by Gasteiger charge is -2.19. The summed E-state index contributed by atoms with van der Waals surface area (Å²) < 4.78 is 0. The molecule has 80 heavy (non-hydrogen) atoms. The van der Waals surface area contributed by atoms with E-state index in [1.807, 2.05) is 0 Å². The van der Waals surface area contributed by atoms with Crippen molar-refractivity contribution in [2.75, 3.05) is 0 Å². The molecule has 4 heterocycles. The summed E-state index contributed by atoms with van der Waals surface area (Å²) in [7, 11) is 0. The van der Waals surface area contributed by atoms with Crippen molar-refractivity contribution >= 4 is 44.7 Å². The Labute approximate surface area is 494 Å². The maximum atomic E-state index is 4.74. The third-order valence-electron chi connectivity index (χ3n) is 14.5. The van der Waals surface area contributed by atoms with Gasteiger partial charge in [0.1, 0.15) is 5.82 Å². The monoisotopic (exact) mass is 1090 g/mol. The highest BCUT2D eigenvalue weighted by molar-refractivity contribution is 5.96. The molecule has 7 aromatic rings. The second kappa shape index (κ2) is 32.8. The van der Waals surface area contributed by atoms with E-state index in [9.17, 15) is 0 Å². The van der Waals surface area contributed by atoms with Crippen LogP contribution >= 0.6 is 0 Å². The summed E-state index contributed by atoms with van der Waals surface area (Å²) in [5.41, 5.74) is 21.4. The molecule has 2 aliphatic rings. The van der Waals surface area contributed by atoms with Gasteiger partial charge in [0.2, 0.25) is 0 Å². The fraction of sp³-hybridized carbons (Fsp3) is 0.533. The van der Waals surface area contributed by atoms with Crippen LogP contribution in [-0.4, -0.2) is 26.4 Å². The predicted molar refractivity (Wildman–Crippen MR) is 367 cm³/mol. The van der Waals surface area contributed by atoms with Gasteiger partial charge >= 0.3 is 0 Å². The Balaban J connectivity index is 0. The number of hydrogen-bond acceptors (Lipinski definition) is 3. The largest absolute Gasteiger partial charge is 0.358 e. The smallest absolute Gasteiger partial charge is 0.109 e. The number of nitrogens with one attached hydrogen (secondary N) is 2. The lowest BCUT2D eigenvalue weighted by molar-refractivity contribution is 0.590. The molecule has 0 spiro atoms. The van der Waals surface area contributed by atoms with E-state index in [0.717, 1.165) is 29.7 Å². The van der Waals surface area contributed by atoms with Gasteiger partial charge in [-0.05, 0) is 139 Å². The summed E-state index contributed by atoms with van der Waals surface area (Å²) in [4.78, 5) is 20.9. The quantitative estimate of drug-likeness (QED) is 0.156. The van der Waals surface area contributed by atoms with Gasteiger partial charge in [0, 0.05) is 41.4 Å². The molecule has 9 rings (SSSR count). The van der Waals surface area contributed by atoms with Gasteiger partial charge in [-0.3, -0.25) is 9.98 Å². The number of rotatable bonds is 8. The van der Waals surface area contributed by atoms with Gasteiger partial charge in [-0.25, -0.2) is 4.98 Å². The van der Waals surface area contributed by atoms with E-state index < -0.39 is 0 Å². The topological polar surface area (TPSA) is 69.2 Å². The highest BCUT2D eigenvalue weighted by Crippen LogP contribution is 2.35. The molecule has 0 amide bonds. The summed E-state index contributed by atoms with van der Waals surface area (Å²) in [5.74, 6) is 5.68. The zero-order valence-corrected chi connectivity index (χ0v) is 50.2. The van der Waals surface area contributed by atoms with E-state index in [-0.39, 0.29) is 55.4 Å². The molecule has 0 fully saturated rings. The van der Waals surface area contributed by atoms with Gasteiger partial charge in [-0.1, -0.05) is 264 Å². The predicted octanol–water partition coefficient (Wildman–Crippen LogP) is 24.5. The zero-order valence-electron chi connectivity index (χ0n) is 50.2. The number of hydrogen-bond donors (Lipinski definition) is 2. The van der Waals surface area contributed by atoms with Crippen molar-refractivity contribution in [1.29, 1.82) is 0 Å². The van der Waals surface area contributed by atoms with Gasteiger partial charge < -0.3 is 9.97 Å². The Hall–Kier alpha value is -5.55. The van der Waals surface area contributed by atoms with Crippen LogP contribution in [0.25, 0.3) is 21.9 Å². The van der Waals surface area contributed by atoms with E-state index in [2.05, 4.69) is 270 Å². The van der Waals surface area contributed by atoms with Crippen LogP contribution in [0.15, 0.2) is 113 Å². The molecule has 5 nitrogen and oxygen atoms in total. The van der Waals surface area contributed by atoms with Crippen LogP contribution in [0, 0.1) is 11.8 Å². The molecule has 0 radical (unpaired) electrons. The Kier molecular flexibility index (Phi) is 31.4. The number of imidazole rings is 1. The first-order valence-corrected chi connectivity index (χ1v) is 28.2. The molecule has 0 aliphatic carbocycles. The maximum absolute atomic E-state index is 4.74. The minimum atomic E-state index is 0. The first-order valence-electron chi connectivity index (χ1n) is 28.2. The third kappa shape index (κ3) is 21.1. The van der Waals surface area contributed by atoms with Crippen LogP contribution in [0.2, 0.25) is 0 Å². The molecule has 446 valence electrons. The SMILES string of the molecule is C.C.C.C.C.C.CC(C)C1=Nc2cc(C(C)(C)C)ccc2C1.CC(C)C1=Nc2cc(C(C)(C)C)ccc2C1.CC(C)c1ccc(C(C)C)cc1.CC(C)c1ccc2cc(C(C)C)[nH]c2c1.CC(C)c1ccc2nc(C(C)C)[nH]c2c1. The van der Waals surface area contributed by atoms with Crippen molar-refractivity contribution < 1.29 is 0 Å². The second-order valence-electron chi connectivity index (χ2n) is 25.6.